The summed E-state index contributed by atoms with van der Waals surface area (Å²) in [5.74, 6) is 4.20. The molecule has 1 unspecified atom stereocenters. The number of aryl methyl sites for hydroxylation is 4. The van der Waals surface area contributed by atoms with Crippen LogP contribution in [0.15, 0.2) is 24.8 Å². The SMILES string of the molecule is CCCSCC(CCC(=O)NC(C)(COCC(=O)NC(C)(COCc1cn(CCCSCCC(=O)NC(CO)(CO)CO)nn1)COCc1cn(CCCSCCC(=O)NC(CO)(CO)CO)nn1)COCC(=O)NC(C)(COCc1cn(CCCSCCC(=O)NC(CO)(CO)CO)nn1)COCc1cn(CCCSCCC(=O)NC(CO)(CO)CO)nn1)SCCC. The summed E-state index contributed by atoms with van der Waals surface area (Å²) in [5, 5.41) is 168. The van der Waals surface area contributed by atoms with Crippen LogP contribution < -0.4 is 37.2 Å². The summed E-state index contributed by atoms with van der Waals surface area (Å²) >= 11 is 9.76. The zero-order chi connectivity index (χ0) is 94.7. The van der Waals surface area contributed by atoms with Gasteiger partial charge in [-0.2, -0.15) is 70.6 Å². The number of thioether (sulfide) groups is 6. The van der Waals surface area contributed by atoms with Crippen molar-refractivity contribution in [3.05, 3.63) is 47.6 Å². The molecular weight excluding hydrogens is 1810 g/mol. The first-order valence-electron chi connectivity index (χ1n) is 43.0. The van der Waals surface area contributed by atoms with Crippen LogP contribution in [0.5, 0.6) is 0 Å². The normalized spacial score (nSPS) is 12.7. The second-order valence-corrected chi connectivity index (χ2v) is 39.8. The number of nitrogens with zero attached hydrogens (tertiary/aromatic N) is 12. The van der Waals surface area contributed by atoms with Crippen molar-refractivity contribution in [3.8, 4) is 0 Å². The molecule has 4 aromatic rings. The lowest BCUT2D eigenvalue weighted by atomic mass is 10.0. The molecule has 738 valence electrons. The molecule has 44 nitrogen and oxygen atoms in total. The first-order valence-corrected chi connectivity index (χ1v) is 49.9. The molecule has 0 bridgehead atoms. The molecule has 50 heteroatoms. The maximum Gasteiger partial charge on any atom is 0.246 e. The zero-order valence-corrected chi connectivity index (χ0v) is 79.8. The Morgan fingerprint density at radius 2 is 0.574 bits per heavy atom. The van der Waals surface area contributed by atoms with Gasteiger partial charge in [-0.1, -0.05) is 34.7 Å². The third-order valence-electron chi connectivity index (χ3n) is 19.4. The minimum atomic E-state index is -1.50. The summed E-state index contributed by atoms with van der Waals surface area (Å²) in [6, 6.07) is 0. The number of carbonyl (C=O) groups excluding carboxylic acids is 7. The summed E-state index contributed by atoms with van der Waals surface area (Å²) < 4.78 is 43.8. The fourth-order valence-corrected chi connectivity index (χ4v) is 17.7. The van der Waals surface area contributed by atoms with Crippen LogP contribution in [0.4, 0.5) is 0 Å². The molecule has 129 heavy (non-hydrogen) atoms. The second-order valence-electron chi connectivity index (χ2n) is 32.4. The lowest BCUT2D eigenvalue weighted by Crippen LogP contribution is -2.57. The van der Waals surface area contributed by atoms with E-state index in [9.17, 15) is 94.8 Å². The number of carbonyl (C=O) groups is 7. The average molecular weight is 1950 g/mol. The van der Waals surface area contributed by atoms with Crippen LogP contribution >= 0.6 is 70.6 Å². The van der Waals surface area contributed by atoms with Gasteiger partial charge in [0.15, 0.2) is 0 Å². The predicted octanol–water partition coefficient (Wildman–Crippen LogP) is -3.31. The van der Waals surface area contributed by atoms with E-state index in [0.29, 0.717) is 127 Å². The van der Waals surface area contributed by atoms with E-state index in [4.69, 9.17) is 28.4 Å². The van der Waals surface area contributed by atoms with Gasteiger partial charge in [0.1, 0.15) is 58.1 Å². The lowest BCUT2D eigenvalue weighted by Gasteiger charge is -2.33. The molecule has 0 aromatic carbocycles. The monoisotopic (exact) mass is 1950 g/mol. The van der Waals surface area contributed by atoms with E-state index in [1.165, 1.54) is 47.0 Å². The quantitative estimate of drug-likeness (QED) is 0.0193. The van der Waals surface area contributed by atoms with Gasteiger partial charge in [0.2, 0.25) is 41.4 Å². The number of aliphatic hydroxyl groups is 12. The molecule has 0 aliphatic carbocycles. The van der Waals surface area contributed by atoms with Gasteiger partial charge in [0.05, 0.1) is 187 Å². The molecule has 4 aromatic heterocycles. The Hall–Kier alpha value is -5.77. The first-order chi connectivity index (χ1) is 62.0. The Balaban J connectivity index is 1.48. The smallest absolute Gasteiger partial charge is 0.246 e. The fraction of sp³-hybridized carbons (Fsp3) is 0.810. The number of hydrogen-bond acceptors (Lipinski definition) is 39. The van der Waals surface area contributed by atoms with E-state index < -0.39 is 167 Å². The largest absolute Gasteiger partial charge is 0.394 e. The molecule has 7 amide bonds. The molecule has 0 aliphatic rings. The van der Waals surface area contributed by atoms with Crippen molar-refractivity contribution in [2.24, 2.45) is 0 Å². The average Bonchev–Trinajstić information content (AvgIpc) is 1.76. The molecule has 0 radical (unpaired) electrons. The van der Waals surface area contributed by atoms with Gasteiger partial charge in [0, 0.05) is 92.3 Å². The van der Waals surface area contributed by atoms with E-state index in [1.807, 2.05) is 23.5 Å². The molecular formula is C79H141N19O25S6. The van der Waals surface area contributed by atoms with Crippen molar-refractivity contribution in [2.75, 3.05) is 195 Å². The molecule has 0 saturated carbocycles. The van der Waals surface area contributed by atoms with Gasteiger partial charge < -0.3 is 127 Å². The summed E-state index contributed by atoms with van der Waals surface area (Å²) in [6.07, 6.45) is 12.8. The van der Waals surface area contributed by atoms with E-state index in [2.05, 4.69) is 92.3 Å². The molecule has 19 N–H and O–H groups in total. The highest BCUT2D eigenvalue weighted by Gasteiger charge is 2.37. The number of ether oxygens (including phenoxy) is 6. The third-order valence-corrected chi connectivity index (χ3v) is 26.8. The number of aliphatic hydroxyl groups excluding tert-OH is 12. The van der Waals surface area contributed by atoms with Crippen molar-refractivity contribution in [1.82, 2.24) is 97.2 Å². The Labute approximate surface area is 779 Å². The van der Waals surface area contributed by atoms with Crippen LogP contribution in [-0.2, 0) is 115 Å². The molecule has 0 aliphatic heterocycles. The molecule has 1 atom stereocenters. The van der Waals surface area contributed by atoms with Crippen LogP contribution in [0.1, 0.15) is 134 Å². The van der Waals surface area contributed by atoms with E-state index in [1.54, 1.807) is 64.3 Å². The highest BCUT2D eigenvalue weighted by molar-refractivity contribution is 8.03. The minimum Gasteiger partial charge on any atom is -0.394 e. The third kappa shape index (κ3) is 47.3. The lowest BCUT2D eigenvalue weighted by molar-refractivity contribution is -0.133. The van der Waals surface area contributed by atoms with Gasteiger partial charge in [-0.25, -0.2) is 0 Å². The van der Waals surface area contributed by atoms with Gasteiger partial charge in [0.25, 0.3) is 0 Å². The number of hydrogen-bond donors (Lipinski definition) is 19. The summed E-state index contributed by atoms with van der Waals surface area (Å²) in [5.41, 5.74) is -7.79. The van der Waals surface area contributed by atoms with Crippen molar-refractivity contribution >= 4 is 112 Å². The highest BCUT2D eigenvalue weighted by Crippen LogP contribution is 2.24. The standard InChI is InChI=1S/C79H141N19O25S6/c1-6-22-128-42-65(129-23-7-2)12-13-66(111)80-73(3,59-122-40-71(116)81-74(4,55-118-36-61-32-95(91-87-61)18-8-24-124-28-14-67(112)83-76(43-99,44-100)45-101)56-119-37-62-33-96(92-88-62)19-9-25-125-29-15-68(113)84-77(46-102,47-103)48-104)60-123-41-72(117)82-75(5,57-120-38-63-34-97(93-89-63)20-10-26-126-30-16-69(114)85-78(49-105,50-106)51-107)58-121-39-64-35-98(94-90-64)21-11-27-127-31-17-70(115)86-79(52-108,53-109)54-110/h32-35,65,99-110H,6-31,36-60H2,1-5H3,(H,80,111)(H,81,116)(H,82,117)(H,83,112)(H,84,113)(H,85,114)(H,86,115). The minimum absolute atomic E-state index is 0.00969. The molecule has 4 rings (SSSR count). The van der Waals surface area contributed by atoms with Crippen molar-refractivity contribution in [1.29, 1.82) is 0 Å². The molecule has 4 heterocycles. The van der Waals surface area contributed by atoms with Gasteiger partial charge >= 0.3 is 0 Å². The number of amides is 7. The van der Waals surface area contributed by atoms with Gasteiger partial charge in [-0.05, 0) is 100 Å². The molecule has 0 fully saturated rings. The van der Waals surface area contributed by atoms with Crippen LogP contribution in [0.3, 0.4) is 0 Å². The maximum atomic E-state index is 14.2. The number of nitrogens with one attached hydrogen (secondary N) is 7. The maximum absolute atomic E-state index is 14.2. The summed E-state index contributed by atoms with van der Waals surface area (Å²) in [7, 11) is 0. The Kier molecular flexibility index (Phi) is 58.2. The van der Waals surface area contributed by atoms with Crippen molar-refractivity contribution < 1.29 is 123 Å². The Bertz CT molecular complexity index is 3330. The first kappa shape index (κ1) is 116. The number of aromatic nitrogens is 12. The zero-order valence-electron chi connectivity index (χ0n) is 74.9. The van der Waals surface area contributed by atoms with Gasteiger partial charge in [-0.3, -0.25) is 52.3 Å². The number of rotatable bonds is 81. The predicted molar refractivity (Wildman–Crippen MR) is 488 cm³/mol. The van der Waals surface area contributed by atoms with Crippen LogP contribution in [-0.4, -0.2) is 402 Å². The highest BCUT2D eigenvalue weighted by atomic mass is 32.2. The molecule has 0 spiro atoms. The van der Waals surface area contributed by atoms with Crippen LogP contribution in [0.25, 0.3) is 0 Å². The fourth-order valence-electron chi connectivity index (χ4n) is 11.8. The molecule has 0 saturated heterocycles. The van der Waals surface area contributed by atoms with Crippen molar-refractivity contribution in [2.45, 2.75) is 208 Å². The second kappa shape index (κ2) is 65.0. The van der Waals surface area contributed by atoms with Crippen LogP contribution in [0.2, 0.25) is 0 Å². The summed E-state index contributed by atoms with van der Waals surface area (Å²) in [6.45, 7) is 1.95. The van der Waals surface area contributed by atoms with E-state index in [0.717, 1.165) is 30.1 Å². The van der Waals surface area contributed by atoms with Crippen LogP contribution in [0, 0.1) is 0 Å². The van der Waals surface area contributed by atoms with Crippen molar-refractivity contribution in [3.63, 3.8) is 0 Å². The van der Waals surface area contributed by atoms with E-state index in [-0.39, 0.29) is 109 Å². The Morgan fingerprint density at radius 3 is 0.829 bits per heavy atom. The summed E-state index contributed by atoms with van der Waals surface area (Å²) in [4.78, 5) is 92.4. The topological polar surface area (TPSA) is 625 Å². The Morgan fingerprint density at radius 1 is 0.326 bits per heavy atom. The van der Waals surface area contributed by atoms with Gasteiger partial charge in [-0.15, -0.1) is 20.4 Å². The van der Waals surface area contributed by atoms with E-state index >= 15 is 0 Å².